The molecule has 2 N–H and O–H groups in total. The first-order chi connectivity index (χ1) is 17.4. The van der Waals surface area contributed by atoms with Crippen molar-refractivity contribution in [3.05, 3.63) is 99.1 Å². The maximum absolute atomic E-state index is 14.2. The van der Waals surface area contributed by atoms with Crippen LogP contribution in [-0.4, -0.2) is 40.3 Å². The van der Waals surface area contributed by atoms with Crippen LogP contribution in [0.2, 0.25) is 0 Å². The lowest BCUT2D eigenvalue weighted by atomic mass is 9.82. The minimum atomic E-state index is -5.02. The van der Waals surface area contributed by atoms with E-state index in [1.807, 2.05) is 4.90 Å². The molecule has 2 aromatic heterocycles. The Bertz CT molecular complexity index is 1580. The molecule has 0 unspecified atom stereocenters. The third-order valence-corrected chi connectivity index (χ3v) is 6.60. The Balaban J connectivity index is 1.61. The fourth-order valence-corrected chi connectivity index (χ4v) is 4.84. The Morgan fingerprint density at radius 1 is 1.05 bits per heavy atom. The third kappa shape index (κ3) is 4.29. The van der Waals surface area contributed by atoms with Gasteiger partial charge in [-0.3, -0.25) is 9.59 Å². The van der Waals surface area contributed by atoms with Gasteiger partial charge in [-0.2, -0.15) is 13.2 Å². The van der Waals surface area contributed by atoms with E-state index in [0.717, 1.165) is 16.7 Å². The van der Waals surface area contributed by atoms with Crippen molar-refractivity contribution in [2.45, 2.75) is 18.6 Å². The number of likely N-dealkylation sites (tertiary alicyclic amines) is 1. The molecule has 0 aliphatic carbocycles. The van der Waals surface area contributed by atoms with Crippen molar-refractivity contribution in [1.29, 1.82) is 0 Å². The van der Waals surface area contributed by atoms with Crippen molar-refractivity contribution in [3.8, 4) is 11.3 Å². The highest BCUT2D eigenvalue weighted by atomic mass is 19.4. The standard InChI is InChI=1S/C26H21F5N4O2/c1-14-3-4-15(9-19(14)28)20-11-35-10-18(21(26(29,30)31)22(35)24(37)32-20)23(36)33-25(12-34(2)13-25)16-5-7-17(27)8-6-16/h3-11H,12-13H2,1-2H3,(H,32,37)(H,33,36). The maximum Gasteiger partial charge on any atom is 0.419 e. The lowest BCUT2D eigenvalue weighted by molar-refractivity contribution is -0.136. The van der Waals surface area contributed by atoms with E-state index in [0.29, 0.717) is 24.2 Å². The van der Waals surface area contributed by atoms with Crippen molar-refractivity contribution in [2.24, 2.45) is 0 Å². The molecule has 3 heterocycles. The molecule has 2 aromatic carbocycles. The summed E-state index contributed by atoms with van der Waals surface area (Å²) in [6, 6.07) is 9.54. The molecule has 1 aliphatic rings. The van der Waals surface area contributed by atoms with Gasteiger partial charge in [-0.25, -0.2) is 8.78 Å². The average molecular weight is 516 g/mol. The van der Waals surface area contributed by atoms with Gasteiger partial charge in [0.05, 0.1) is 22.4 Å². The van der Waals surface area contributed by atoms with Crippen molar-refractivity contribution < 1.29 is 26.7 Å². The molecule has 6 nitrogen and oxygen atoms in total. The van der Waals surface area contributed by atoms with Gasteiger partial charge in [0.1, 0.15) is 17.2 Å². The van der Waals surface area contributed by atoms with E-state index >= 15 is 0 Å². The summed E-state index contributed by atoms with van der Waals surface area (Å²) in [6.45, 7) is 2.14. The van der Waals surface area contributed by atoms with E-state index in [9.17, 15) is 31.5 Å². The minimum Gasteiger partial charge on any atom is -0.340 e. The predicted molar refractivity (Wildman–Crippen MR) is 126 cm³/mol. The zero-order valence-corrected chi connectivity index (χ0v) is 19.7. The number of carbonyl (C=O) groups is 1. The molecule has 5 rings (SSSR count). The number of likely N-dealkylation sites (N-methyl/N-ethyl adjacent to an activating group) is 1. The first-order valence-electron chi connectivity index (χ1n) is 11.3. The topological polar surface area (TPSA) is 69.6 Å². The molecule has 0 spiro atoms. The van der Waals surface area contributed by atoms with E-state index in [1.165, 1.54) is 42.6 Å². The normalized spacial score (nSPS) is 15.5. The number of aromatic nitrogens is 2. The molecule has 192 valence electrons. The van der Waals surface area contributed by atoms with Crippen LogP contribution in [0.5, 0.6) is 0 Å². The van der Waals surface area contributed by atoms with Crippen LogP contribution in [-0.2, 0) is 11.7 Å². The Kier molecular flexibility index (Phi) is 5.70. The monoisotopic (exact) mass is 516 g/mol. The summed E-state index contributed by atoms with van der Waals surface area (Å²) in [4.78, 5) is 30.4. The summed E-state index contributed by atoms with van der Waals surface area (Å²) in [7, 11) is 1.77. The number of aryl methyl sites for hydroxylation is 1. The summed E-state index contributed by atoms with van der Waals surface area (Å²) in [5, 5.41) is 2.69. The molecular formula is C26H21F5N4O2. The zero-order valence-electron chi connectivity index (χ0n) is 19.7. The van der Waals surface area contributed by atoms with Gasteiger partial charge in [0, 0.05) is 31.0 Å². The summed E-state index contributed by atoms with van der Waals surface area (Å²) in [6.07, 6.45) is -2.87. The van der Waals surface area contributed by atoms with Gasteiger partial charge in [-0.15, -0.1) is 0 Å². The average Bonchev–Trinajstić information content (AvgIpc) is 3.21. The number of benzene rings is 2. The first-order valence-corrected chi connectivity index (χ1v) is 11.3. The molecule has 1 fully saturated rings. The Morgan fingerprint density at radius 2 is 1.73 bits per heavy atom. The number of H-pyrrole nitrogens is 1. The van der Waals surface area contributed by atoms with E-state index in [4.69, 9.17) is 0 Å². The highest BCUT2D eigenvalue weighted by Crippen LogP contribution is 2.37. The summed E-state index contributed by atoms with van der Waals surface area (Å²) >= 11 is 0. The molecule has 0 atom stereocenters. The lowest BCUT2D eigenvalue weighted by Crippen LogP contribution is -2.66. The predicted octanol–water partition coefficient (Wildman–Crippen LogP) is 4.47. The summed E-state index contributed by atoms with van der Waals surface area (Å²) in [5.41, 5.74) is -3.75. The Hall–Kier alpha value is -3.99. The number of halogens is 5. The van der Waals surface area contributed by atoms with E-state index in [-0.39, 0.29) is 11.3 Å². The molecule has 4 aromatic rings. The van der Waals surface area contributed by atoms with Gasteiger partial charge in [0.25, 0.3) is 11.5 Å². The molecule has 37 heavy (non-hydrogen) atoms. The second-order valence-electron chi connectivity index (χ2n) is 9.35. The van der Waals surface area contributed by atoms with Crippen LogP contribution in [0.15, 0.2) is 59.7 Å². The molecule has 0 bridgehead atoms. The highest BCUT2D eigenvalue weighted by Gasteiger charge is 2.46. The van der Waals surface area contributed by atoms with Crippen molar-refractivity contribution in [2.75, 3.05) is 20.1 Å². The van der Waals surface area contributed by atoms with Crippen LogP contribution < -0.4 is 10.9 Å². The quantitative estimate of drug-likeness (QED) is 0.394. The number of rotatable bonds is 4. The number of fused-ring (bicyclic) bond motifs is 1. The number of amides is 1. The van der Waals surface area contributed by atoms with Crippen molar-refractivity contribution in [1.82, 2.24) is 19.6 Å². The van der Waals surface area contributed by atoms with Crippen molar-refractivity contribution in [3.63, 3.8) is 0 Å². The molecule has 1 amide bonds. The van der Waals surface area contributed by atoms with Crippen LogP contribution in [0.3, 0.4) is 0 Å². The van der Waals surface area contributed by atoms with Gasteiger partial charge < -0.3 is 19.6 Å². The van der Waals surface area contributed by atoms with Crippen LogP contribution >= 0.6 is 0 Å². The molecular weight excluding hydrogens is 495 g/mol. The molecule has 11 heteroatoms. The smallest absolute Gasteiger partial charge is 0.340 e. The largest absolute Gasteiger partial charge is 0.419 e. The first kappa shape index (κ1) is 24.7. The number of nitrogens with zero attached hydrogens (tertiary/aromatic N) is 2. The van der Waals surface area contributed by atoms with E-state index in [2.05, 4.69) is 10.3 Å². The Labute approximate surface area is 207 Å². The molecule has 0 radical (unpaired) electrons. The number of nitrogens with one attached hydrogen (secondary N) is 2. The van der Waals surface area contributed by atoms with Crippen LogP contribution in [0.25, 0.3) is 16.8 Å². The minimum absolute atomic E-state index is 0.0792. The number of alkyl halides is 3. The summed E-state index contributed by atoms with van der Waals surface area (Å²) < 4.78 is 71.0. The van der Waals surface area contributed by atoms with Crippen LogP contribution in [0, 0.1) is 18.6 Å². The fourth-order valence-electron chi connectivity index (χ4n) is 4.84. The maximum atomic E-state index is 14.2. The second kappa shape index (κ2) is 8.55. The molecule has 1 saturated heterocycles. The zero-order chi connectivity index (χ0) is 26.7. The third-order valence-electron chi connectivity index (χ3n) is 6.60. The van der Waals surface area contributed by atoms with Crippen LogP contribution in [0.1, 0.15) is 27.0 Å². The number of carbonyl (C=O) groups excluding carboxylic acids is 1. The number of hydrogen-bond donors (Lipinski definition) is 2. The molecule has 1 aliphatic heterocycles. The Morgan fingerprint density at radius 3 is 2.32 bits per heavy atom. The van der Waals surface area contributed by atoms with Gasteiger partial charge in [-0.05, 0) is 43.3 Å². The van der Waals surface area contributed by atoms with E-state index < -0.39 is 51.5 Å². The lowest BCUT2D eigenvalue weighted by Gasteiger charge is -2.49. The van der Waals surface area contributed by atoms with Gasteiger partial charge >= 0.3 is 6.18 Å². The SMILES string of the molecule is Cc1ccc(-c2cn3cc(C(=O)NC4(c5ccc(F)cc5)CN(C)C4)c(C(F)(F)F)c3c(=O)[nH]2)cc1F. The van der Waals surface area contributed by atoms with E-state index in [1.54, 1.807) is 14.0 Å². The number of aromatic amines is 1. The second-order valence-corrected chi connectivity index (χ2v) is 9.35. The van der Waals surface area contributed by atoms with Crippen molar-refractivity contribution >= 4 is 11.4 Å². The number of hydrogen-bond acceptors (Lipinski definition) is 3. The fraction of sp³-hybridized carbons (Fsp3) is 0.231. The van der Waals surface area contributed by atoms with Gasteiger partial charge in [0.15, 0.2) is 0 Å². The van der Waals surface area contributed by atoms with Gasteiger partial charge in [-0.1, -0.05) is 24.3 Å². The van der Waals surface area contributed by atoms with Gasteiger partial charge in [0.2, 0.25) is 0 Å². The molecule has 0 saturated carbocycles. The van der Waals surface area contributed by atoms with Crippen LogP contribution in [0.4, 0.5) is 22.0 Å². The highest BCUT2D eigenvalue weighted by molar-refractivity contribution is 5.99. The summed E-state index contributed by atoms with van der Waals surface area (Å²) in [5.74, 6) is -2.06.